The zero-order valence-corrected chi connectivity index (χ0v) is 14.3. The molecule has 8 heteroatoms. The molecule has 0 saturated carbocycles. The SMILES string of the molecule is CC(O)CNC(=O)[C@H](N)CCCCNC(=O)[C@@H](NCO)C(C)C. The van der Waals surface area contributed by atoms with E-state index in [1.54, 1.807) is 6.92 Å². The van der Waals surface area contributed by atoms with E-state index in [-0.39, 0.29) is 31.0 Å². The highest BCUT2D eigenvalue weighted by Gasteiger charge is 2.20. The minimum atomic E-state index is -0.607. The number of unbranched alkanes of at least 4 members (excludes halogenated alkanes) is 1. The van der Waals surface area contributed by atoms with Gasteiger partial charge in [-0.25, -0.2) is 0 Å². The van der Waals surface area contributed by atoms with Crippen LogP contribution in [-0.2, 0) is 9.59 Å². The predicted octanol–water partition coefficient (Wildman–Crippen LogP) is -1.34. The molecule has 0 heterocycles. The van der Waals surface area contributed by atoms with E-state index in [1.807, 2.05) is 13.8 Å². The molecule has 0 fully saturated rings. The molecule has 7 N–H and O–H groups in total. The van der Waals surface area contributed by atoms with Crippen LogP contribution in [0.4, 0.5) is 0 Å². The van der Waals surface area contributed by atoms with Crippen LogP contribution in [0.5, 0.6) is 0 Å². The molecule has 0 aromatic rings. The normalized spacial score (nSPS) is 15.1. The lowest BCUT2D eigenvalue weighted by Gasteiger charge is -2.20. The second-order valence-electron chi connectivity index (χ2n) is 6.07. The van der Waals surface area contributed by atoms with Crippen LogP contribution < -0.4 is 21.7 Å². The largest absolute Gasteiger partial charge is 0.392 e. The Morgan fingerprint density at radius 2 is 1.74 bits per heavy atom. The molecule has 0 aliphatic heterocycles. The number of rotatable bonds is 12. The van der Waals surface area contributed by atoms with Gasteiger partial charge in [0.15, 0.2) is 0 Å². The summed E-state index contributed by atoms with van der Waals surface area (Å²) in [6, 6.07) is -1.03. The molecule has 23 heavy (non-hydrogen) atoms. The topological polar surface area (TPSA) is 137 Å². The quantitative estimate of drug-likeness (QED) is 0.193. The van der Waals surface area contributed by atoms with Crippen LogP contribution in [0.15, 0.2) is 0 Å². The monoisotopic (exact) mass is 332 g/mol. The van der Waals surface area contributed by atoms with Crippen molar-refractivity contribution in [3.8, 4) is 0 Å². The van der Waals surface area contributed by atoms with Gasteiger partial charge >= 0.3 is 0 Å². The van der Waals surface area contributed by atoms with Crippen LogP contribution >= 0.6 is 0 Å². The molecular formula is C15H32N4O4. The van der Waals surface area contributed by atoms with Crippen molar-refractivity contribution in [1.82, 2.24) is 16.0 Å². The van der Waals surface area contributed by atoms with Crippen molar-refractivity contribution >= 4 is 11.8 Å². The summed E-state index contributed by atoms with van der Waals surface area (Å²) in [7, 11) is 0. The lowest BCUT2D eigenvalue weighted by Crippen LogP contribution is -2.48. The predicted molar refractivity (Wildman–Crippen MR) is 88.4 cm³/mol. The van der Waals surface area contributed by atoms with Gasteiger partial charge in [0.05, 0.1) is 24.9 Å². The maximum atomic E-state index is 11.9. The van der Waals surface area contributed by atoms with Crippen LogP contribution in [0.2, 0.25) is 0 Å². The molecule has 0 aliphatic carbocycles. The van der Waals surface area contributed by atoms with E-state index in [4.69, 9.17) is 15.9 Å². The Morgan fingerprint density at radius 1 is 1.09 bits per heavy atom. The van der Waals surface area contributed by atoms with Gasteiger partial charge in [-0.15, -0.1) is 0 Å². The Morgan fingerprint density at radius 3 is 2.26 bits per heavy atom. The summed E-state index contributed by atoms with van der Waals surface area (Å²) in [6.45, 7) is 5.83. The summed E-state index contributed by atoms with van der Waals surface area (Å²) in [4.78, 5) is 23.5. The van der Waals surface area contributed by atoms with Crippen LogP contribution in [0.1, 0.15) is 40.0 Å². The van der Waals surface area contributed by atoms with Gasteiger partial charge < -0.3 is 26.6 Å². The Balaban J connectivity index is 3.86. The van der Waals surface area contributed by atoms with E-state index >= 15 is 0 Å². The number of carbonyl (C=O) groups is 2. The molecule has 0 bridgehead atoms. The fourth-order valence-electron chi connectivity index (χ4n) is 2.05. The van der Waals surface area contributed by atoms with Crippen LogP contribution in [-0.4, -0.2) is 60.0 Å². The fraction of sp³-hybridized carbons (Fsp3) is 0.867. The molecule has 136 valence electrons. The second-order valence-corrected chi connectivity index (χ2v) is 6.07. The molecular weight excluding hydrogens is 300 g/mol. The van der Waals surface area contributed by atoms with Gasteiger partial charge in [-0.1, -0.05) is 13.8 Å². The molecule has 0 saturated heterocycles. The Bertz CT molecular complexity index is 350. The molecule has 3 atom stereocenters. The molecule has 1 unspecified atom stereocenters. The Kier molecular flexibility index (Phi) is 11.6. The molecule has 0 aromatic carbocycles. The fourth-order valence-corrected chi connectivity index (χ4v) is 2.05. The molecule has 0 spiro atoms. The van der Waals surface area contributed by atoms with E-state index in [9.17, 15) is 9.59 Å². The maximum absolute atomic E-state index is 11.9. The minimum absolute atomic E-state index is 0.0770. The van der Waals surface area contributed by atoms with Gasteiger partial charge in [-0.3, -0.25) is 14.9 Å². The van der Waals surface area contributed by atoms with Gasteiger partial charge in [0.2, 0.25) is 11.8 Å². The van der Waals surface area contributed by atoms with Gasteiger partial charge in [-0.2, -0.15) is 0 Å². The summed E-state index contributed by atoms with van der Waals surface area (Å²) in [5.41, 5.74) is 5.75. The van der Waals surface area contributed by atoms with Gasteiger partial charge in [0.25, 0.3) is 0 Å². The standard InChI is InChI=1S/C15H32N4O4/c1-10(2)13(19-9-20)15(23)17-7-5-4-6-12(16)14(22)18-8-11(3)21/h10-13,19-21H,4-9,16H2,1-3H3,(H,17,23)(H,18,22)/t11?,12-,13+/m1/s1. The van der Waals surface area contributed by atoms with Crippen molar-refractivity contribution in [3.05, 3.63) is 0 Å². The minimum Gasteiger partial charge on any atom is -0.392 e. The number of aliphatic hydroxyl groups is 2. The smallest absolute Gasteiger partial charge is 0.237 e. The zero-order valence-electron chi connectivity index (χ0n) is 14.3. The van der Waals surface area contributed by atoms with Gasteiger partial charge in [0.1, 0.15) is 0 Å². The third-order valence-electron chi connectivity index (χ3n) is 3.41. The van der Waals surface area contributed by atoms with Crippen molar-refractivity contribution in [3.63, 3.8) is 0 Å². The van der Waals surface area contributed by atoms with E-state index in [1.165, 1.54) is 0 Å². The van der Waals surface area contributed by atoms with E-state index in [0.29, 0.717) is 25.8 Å². The summed E-state index contributed by atoms with van der Waals surface area (Å²) in [5, 5.41) is 26.1. The van der Waals surface area contributed by atoms with Crippen molar-refractivity contribution < 1.29 is 19.8 Å². The first-order chi connectivity index (χ1) is 10.8. The Labute approximate surface area is 138 Å². The van der Waals surface area contributed by atoms with E-state index in [2.05, 4.69) is 16.0 Å². The highest BCUT2D eigenvalue weighted by Crippen LogP contribution is 2.02. The highest BCUT2D eigenvalue weighted by atomic mass is 16.3. The highest BCUT2D eigenvalue weighted by molar-refractivity contribution is 5.82. The average molecular weight is 332 g/mol. The number of carbonyl (C=O) groups excluding carboxylic acids is 2. The van der Waals surface area contributed by atoms with E-state index in [0.717, 1.165) is 0 Å². The zero-order chi connectivity index (χ0) is 17.8. The number of amides is 2. The average Bonchev–Trinajstić information content (AvgIpc) is 2.48. The maximum Gasteiger partial charge on any atom is 0.237 e. The van der Waals surface area contributed by atoms with Crippen LogP contribution in [0, 0.1) is 5.92 Å². The number of aliphatic hydroxyl groups excluding tert-OH is 2. The molecule has 2 amide bonds. The summed E-state index contributed by atoms with van der Waals surface area (Å²) in [6.07, 6.45) is 1.35. The molecule has 0 radical (unpaired) electrons. The third kappa shape index (κ3) is 10.2. The molecule has 0 rings (SSSR count). The van der Waals surface area contributed by atoms with Crippen LogP contribution in [0.25, 0.3) is 0 Å². The second kappa shape index (κ2) is 12.2. The first kappa shape index (κ1) is 21.8. The summed E-state index contributed by atoms with van der Waals surface area (Å²) < 4.78 is 0. The number of nitrogens with two attached hydrogens (primary N) is 1. The lowest BCUT2D eigenvalue weighted by atomic mass is 10.0. The summed E-state index contributed by atoms with van der Waals surface area (Å²) in [5.74, 6) is -0.344. The Hall–Kier alpha value is -1.22. The van der Waals surface area contributed by atoms with Crippen molar-refractivity contribution in [2.45, 2.75) is 58.2 Å². The lowest BCUT2D eigenvalue weighted by molar-refractivity contribution is -0.125. The van der Waals surface area contributed by atoms with Gasteiger partial charge in [0, 0.05) is 13.1 Å². The first-order valence-electron chi connectivity index (χ1n) is 8.12. The van der Waals surface area contributed by atoms with Crippen LogP contribution in [0.3, 0.4) is 0 Å². The van der Waals surface area contributed by atoms with Crippen molar-refractivity contribution in [2.24, 2.45) is 11.7 Å². The number of nitrogens with one attached hydrogen (secondary N) is 3. The third-order valence-corrected chi connectivity index (χ3v) is 3.41. The molecule has 0 aliphatic rings. The molecule has 8 nitrogen and oxygen atoms in total. The van der Waals surface area contributed by atoms with Crippen molar-refractivity contribution in [2.75, 3.05) is 19.8 Å². The van der Waals surface area contributed by atoms with E-state index < -0.39 is 18.2 Å². The van der Waals surface area contributed by atoms with Gasteiger partial charge in [-0.05, 0) is 32.1 Å². The summed E-state index contributed by atoms with van der Waals surface area (Å²) >= 11 is 0. The first-order valence-corrected chi connectivity index (χ1v) is 8.12. The molecule has 0 aromatic heterocycles. The number of hydrogen-bond donors (Lipinski definition) is 6. The number of hydrogen-bond acceptors (Lipinski definition) is 6. The van der Waals surface area contributed by atoms with Crippen molar-refractivity contribution in [1.29, 1.82) is 0 Å².